The monoisotopic (exact) mass is 562 g/mol. The van der Waals surface area contributed by atoms with E-state index in [1.165, 1.54) is 29.4 Å². The van der Waals surface area contributed by atoms with E-state index in [0.717, 1.165) is 3.63 Å². The summed E-state index contributed by atoms with van der Waals surface area (Å²) in [7, 11) is -3.46. The van der Waals surface area contributed by atoms with E-state index >= 15 is 0 Å². The molecule has 0 N–H and O–H groups in total. The summed E-state index contributed by atoms with van der Waals surface area (Å²) in [5, 5.41) is 3.62. The Balaban J connectivity index is 0.00000136. The third-order valence-corrected chi connectivity index (χ3v) is 18.5. The Morgan fingerprint density at radius 2 is 1.58 bits per heavy atom. The van der Waals surface area contributed by atoms with Gasteiger partial charge in [0.2, 0.25) is 0 Å². The van der Waals surface area contributed by atoms with E-state index in [0.29, 0.717) is 3.63 Å². The maximum absolute atomic E-state index is 6.92. The Kier molecular flexibility index (Phi) is 7.41. The molecule has 2 aromatic rings. The Morgan fingerprint density at radius 3 is 2.26 bits per heavy atom. The normalized spacial score (nSPS) is 24.9. The van der Waals surface area contributed by atoms with Crippen LogP contribution in [-0.4, -0.2) is 16.4 Å². The van der Waals surface area contributed by atoms with E-state index in [4.69, 9.17) is 4.43 Å². The second kappa shape index (κ2) is 9.10. The van der Waals surface area contributed by atoms with Crippen molar-refractivity contribution in [2.24, 2.45) is 0 Å². The summed E-state index contributed by atoms with van der Waals surface area (Å²) in [6, 6.07) is 19.8. The summed E-state index contributed by atoms with van der Waals surface area (Å²) < 4.78 is 8.39. The molecule has 0 amide bonds. The van der Waals surface area contributed by atoms with Gasteiger partial charge in [0.1, 0.15) is 0 Å². The van der Waals surface area contributed by atoms with Gasteiger partial charge >= 0.3 is 190 Å². The van der Waals surface area contributed by atoms with Crippen LogP contribution in [0.2, 0.25) is 32.2 Å². The fourth-order valence-electron chi connectivity index (χ4n) is 5.63. The molecule has 1 aliphatic heterocycles. The molecule has 2 aliphatic carbocycles. The Labute approximate surface area is 213 Å². The minimum atomic E-state index is -1.77. The third kappa shape index (κ3) is 4.06. The molecule has 0 bridgehead atoms. The van der Waals surface area contributed by atoms with Gasteiger partial charge in [-0.3, -0.25) is 0 Å². The van der Waals surface area contributed by atoms with Crippen molar-refractivity contribution in [1.82, 2.24) is 0 Å². The third-order valence-electron chi connectivity index (χ3n) is 6.70. The number of rotatable bonds is 4. The number of allylic oxidation sites excluding steroid dienone is 2. The summed E-state index contributed by atoms with van der Waals surface area (Å²) >= 11 is -0.733. The molecule has 3 atom stereocenters. The molecule has 2 aromatic carbocycles. The average molecular weight is 565 g/mol. The predicted molar refractivity (Wildman–Crippen MR) is 124 cm³/mol. The van der Waals surface area contributed by atoms with Gasteiger partial charge in [0.05, 0.1) is 0 Å². The van der Waals surface area contributed by atoms with Gasteiger partial charge < -0.3 is 24.8 Å². The number of hydrogen-bond donors (Lipinski definition) is 0. The molecule has 162 valence electrons. The van der Waals surface area contributed by atoms with Gasteiger partial charge in [-0.25, -0.2) is 0 Å². The maximum Gasteiger partial charge on any atom is -1.00 e. The maximum atomic E-state index is 6.92. The fourth-order valence-corrected chi connectivity index (χ4v) is 21.2. The Morgan fingerprint density at radius 1 is 0.935 bits per heavy atom. The van der Waals surface area contributed by atoms with E-state index in [1.54, 1.807) is 16.3 Å². The quantitative estimate of drug-likeness (QED) is 0.506. The van der Waals surface area contributed by atoms with Crippen molar-refractivity contribution >= 4 is 28.2 Å². The standard InChI is InChI=1S/C25H30OSi2.2ClH.Zr/c1-6-15-28(5,22-16-19-11-7-8-12-20(19)17-22)24-18-21-13-9-10-14-23(21)25(24)26-27(2,3)4;;;/h7-14,16-18H,6,15H2,1-5H3;2*1H;/q;;;+2/p-2. The first-order valence-electron chi connectivity index (χ1n) is 10.9. The first-order valence-corrected chi connectivity index (χ1v) is 19.9. The van der Waals surface area contributed by atoms with Gasteiger partial charge in [0.15, 0.2) is 0 Å². The Hall–Kier alpha value is -0.383. The van der Waals surface area contributed by atoms with Gasteiger partial charge in [-0.05, 0) is 0 Å². The summed E-state index contributed by atoms with van der Waals surface area (Å²) in [6.07, 6.45) is 3.88. The zero-order valence-electron chi connectivity index (χ0n) is 18.9. The van der Waals surface area contributed by atoms with Gasteiger partial charge in [-0.2, -0.15) is 0 Å². The number of halogens is 2. The fraction of sp³-hybridized carbons (Fsp3) is 0.360. The van der Waals surface area contributed by atoms with Crippen LogP contribution >= 0.6 is 0 Å². The molecule has 1 nitrogen and oxygen atoms in total. The Bertz CT molecular complexity index is 1060. The molecule has 1 fully saturated rings. The number of fused-ring (bicyclic) bond motifs is 6. The van der Waals surface area contributed by atoms with E-state index in [2.05, 4.69) is 87.7 Å². The molecule has 3 unspecified atom stereocenters. The number of benzene rings is 2. The molecule has 0 saturated carbocycles. The van der Waals surface area contributed by atoms with Crippen LogP contribution in [0.5, 0.6) is 0 Å². The smallest absolute Gasteiger partial charge is 1.00 e. The van der Waals surface area contributed by atoms with Crippen LogP contribution in [-0.2, 0) is 27.7 Å². The average Bonchev–Trinajstić information content (AvgIpc) is 3.19. The van der Waals surface area contributed by atoms with Crippen molar-refractivity contribution in [2.45, 2.75) is 52.8 Å². The topological polar surface area (TPSA) is 9.23 Å². The molecule has 0 spiro atoms. The van der Waals surface area contributed by atoms with Crippen molar-refractivity contribution in [3.05, 3.63) is 81.2 Å². The molecule has 3 aliphatic rings. The minimum absolute atomic E-state index is 0. The van der Waals surface area contributed by atoms with Crippen LogP contribution in [0, 0.1) is 0 Å². The van der Waals surface area contributed by atoms with Gasteiger partial charge in [0.25, 0.3) is 0 Å². The van der Waals surface area contributed by atoms with Crippen LogP contribution in [0.1, 0.15) is 42.8 Å². The number of hydrogen-bond acceptors (Lipinski definition) is 1. The minimum Gasteiger partial charge on any atom is -1.00 e. The molecule has 1 saturated heterocycles. The van der Waals surface area contributed by atoms with Crippen LogP contribution in [0.15, 0.2) is 58.9 Å². The van der Waals surface area contributed by atoms with Gasteiger partial charge in [-0.15, -0.1) is 0 Å². The molecule has 1 heterocycles. The van der Waals surface area contributed by atoms with Crippen LogP contribution < -0.4 is 24.8 Å². The van der Waals surface area contributed by atoms with Crippen molar-refractivity contribution in [3.8, 4) is 0 Å². The van der Waals surface area contributed by atoms with Crippen molar-refractivity contribution in [1.29, 1.82) is 0 Å². The first kappa shape index (κ1) is 25.2. The second-order valence-electron chi connectivity index (χ2n) is 9.89. The van der Waals surface area contributed by atoms with Crippen LogP contribution in [0.25, 0.3) is 11.8 Å². The molecule has 0 aromatic heterocycles. The van der Waals surface area contributed by atoms with E-state index in [-0.39, 0.29) is 24.8 Å². The van der Waals surface area contributed by atoms with E-state index < -0.39 is 39.6 Å². The van der Waals surface area contributed by atoms with Crippen LogP contribution in [0.3, 0.4) is 0 Å². The molecule has 5 rings (SSSR count). The summed E-state index contributed by atoms with van der Waals surface area (Å²) in [5.74, 6) is 1.32. The largest absolute Gasteiger partial charge is 1.00 e. The molecular weight excluding hydrogens is 535 g/mol. The summed E-state index contributed by atoms with van der Waals surface area (Å²) in [5.41, 5.74) is 6.17. The molecule has 6 heteroatoms. The van der Waals surface area contributed by atoms with Crippen LogP contribution in [0.4, 0.5) is 0 Å². The predicted octanol–water partition coefficient (Wildman–Crippen LogP) is 1.11. The second-order valence-corrected chi connectivity index (χ2v) is 22.3. The summed E-state index contributed by atoms with van der Waals surface area (Å²) in [6.45, 7) is 12.1. The first-order chi connectivity index (χ1) is 13.8. The SMILES string of the molecule is CCC[Si]1(C)C2=Cc3ccccc3[CH]2[Zr+2][CH]2C1=C(O[Si](C)(C)C)c1ccccc12.[Cl-].[Cl-]. The molecule has 0 radical (unpaired) electrons. The van der Waals surface area contributed by atoms with Crippen molar-refractivity contribution < 1.29 is 52.5 Å². The van der Waals surface area contributed by atoms with Crippen molar-refractivity contribution in [3.63, 3.8) is 0 Å². The summed E-state index contributed by atoms with van der Waals surface area (Å²) in [4.78, 5) is 0. The zero-order chi connectivity index (χ0) is 20.4. The van der Waals surface area contributed by atoms with E-state index in [9.17, 15) is 0 Å². The van der Waals surface area contributed by atoms with Gasteiger partial charge in [-0.1, -0.05) is 0 Å². The van der Waals surface area contributed by atoms with E-state index in [1.807, 2.05) is 5.20 Å². The molecular formula is C25H30Cl2OSi2Zr. The molecule has 31 heavy (non-hydrogen) atoms. The van der Waals surface area contributed by atoms with Gasteiger partial charge in [0, 0.05) is 0 Å². The zero-order valence-corrected chi connectivity index (χ0v) is 24.9. The van der Waals surface area contributed by atoms with Crippen molar-refractivity contribution in [2.75, 3.05) is 0 Å².